The molecule has 2 aromatic heterocycles. The summed E-state index contributed by atoms with van der Waals surface area (Å²) in [7, 11) is -2.90. The highest BCUT2D eigenvalue weighted by atomic mass is 32.2. The molecule has 25 heavy (non-hydrogen) atoms. The minimum absolute atomic E-state index is 0.109. The number of anilines is 1. The number of ether oxygens (including phenoxy) is 1. The Kier molecular flexibility index (Phi) is 5.22. The summed E-state index contributed by atoms with van der Waals surface area (Å²) >= 11 is 0. The number of aryl methyl sites for hydroxylation is 1. The fourth-order valence-corrected chi connectivity index (χ4v) is 2.61. The van der Waals surface area contributed by atoms with Gasteiger partial charge in [0.1, 0.15) is 5.69 Å². The molecule has 2 heterocycles. The maximum atomic E-state index is 12.0. The molecular weight excluding hydrogens is 352 g/mol. The molecule has 2 aromatic rings. The number of nitrogens with zero attached hydrogens (tertiary/aromatic N) is 3. The number of carbonyl (C=O) groups is 2. The number of nitrogens with one attached hydrogen (secondary N) is 3. The van der Waals surface area contributed by atoms with Gasteiger partial charge in [0, 0.05) is 24.9 Å². The fourth-order valence-electron chi connectivity index (χ4n) is 1.85. The van der Waals surface area contributed by atoms with Crippen LogP contribution >= 0.6 is 0 Å². The van der Waals surface area contributed by atoms with Gasteiger partial charge in [-0.1, -0.05) is 0 Å². The molecule has 0 aliphatic rings. The van der Waals surface area contributed by atoms with E-state index in [-0.39, 0.29) is 23.3 Å². The molecule has 11 nitrogen and oxygen atoms in total. The summed E-state index contributed by atoms with van der Waals surface area (Å²) in [6, 6.07) is 3.36. The van der Waals surface area contributed by atoms with Gasteiger partial charge in [-0.05, 0) is 19.1 Å². The number of ketones is 1. The van der Waals surface area contributed by atoms with Gasteiger partial charge in [-0.2, -0.15) is 13.4 Å². The average molecular weight is 368 g/mol. The minimum atomic E-state index is -4.29. The number of rotatable bonds is 6. The van der Waals surface area contributed by atoms with Gasteiger partial charge in [-0.3, -0.25) is 10.1 Å². The van der Waals surface area contributed by atoms with Gasteiger partial charge < -0.3 is 4.74 Å². The van der Waals surface area contributed by atoms with Crippen LogP contribution in [0.3, 0.4) is 0 Å². The number of carbonyl (C=O) groups excluding carboxylic acids is 2. The van der Waals surface area contributed by atoms with Gasteiger partial charge in [-0.15, -0.1) is 0 Å². The van der Waals surface area contributed by atoms with Crippen LogP contribution in [0.25, 0.3) is 0 Å². The Balaban J connectivity index is 2.07. The lowest BCUT2D eigenvalue weighted by atomic mass is 10.3. The van der Waals surface area contributed by atoms with Gasteiger partial charge in [-0.25, -0.2) is 24.0 Å². The van der Waals surface area contributed by atoms with Crippen LogP contribution in [0.2, 0.25) is 0 Å². The zero-order chi connectivity index (χ0) is 18.6. The molecule has 0 fully saturated rings. The normalized spacial score (nSPS) is 10.8. The second-order valence-corrected chi connectivity index (χ2v) is 6.24. The van der Waals surface area contributed by atoms with Crippen molar-refractivity contribution in [1.82, 2.24) is 19.4 Å². The molecule has 0 spiro atoms. The van der Waals surface area contributed by atoms with Crippen LogP contribution in [0, 0.1) is 6.92 Å². The van der Waals surface area contributed by atoms with Gasteiger partial charge in [0.25, 0.3) is 0 Å². The van der Waals surface area contributed by atoms with Crippen LogP contribution in [0.1, 0.15) is 23.1 Å². The van der Waals surface area contributed by atoms with E-state index in [0.717, 1.165) is 4.68 Å². The highest BCUT2D eigenvalue weighted by Crippen LogP contribution is 2.11. The number of urea groups is 1. The van der Waals surface area contributed by atoms with Crippen molar-refractivity contribution >= 4 is 28.0 Å². The van der Waals surface area contributed by atoms with Crippen molar-refractivity contribution in [3.05, 3.63) is 35.8 Å². The van der Waals surface area contributed by atoms with E-state index in [9.17, 15) is 18.0 Å². The molecule has 0 radical (unpaired) electrons. The van der Waals surface area contributed by atoms with Crippen LogP contribution in [0.4, 0.5) is 10.7 Å². The summed E-state index contributed by atoms with van der Waals surface area (Å²) in [5.41, 5.74) is 0.624. The second kappa shape index (κ2) is 7.17. The molecule has 0 aliphatic heterocycles. The quantitative estimate of drug-likeness (QED) is 0.626. The Morgan fingerprint density at radius 3 is 2.64 bits per heavy atom. The third kappa shape index (κ3) is 4.91. The third-order valence-electron chi connectivity index (χ3n) is 2.82. The number of hydrogen-bond donors (Lipinski definition) is 3. The Morgan fingerprint density at radius 1 is 1.28 bits per heavy atom. The molecule has 0 bridgehead atoms. The average Bonchev–Trinajstić information content (AvgIpc) is 2.93. The Labute approximate surface area is 143 Å². The van der Waals surface area contributed by atoms with Crippen LogP contribution in [0.5, 0.6) is 5.88 Å². The van der Waals surface area contributed by atoms with Gasteiger partial charge in [0.05, 0.1) is 7.11 Å². The predicted molar refractivity (Wildman–Crippen MR) is 88.2 cm³/mol. The molecule has 0 aromatic carbocycles. The molecule has 0 atom stereocenters. The molecule has 0 saturated carbocycles. The standard InChI is InChI=1S/C13H16N6O5S/c1-8-7-11(24-3)15-12(14-8)16-13(21)17-25(22,23)18-19-6-4-5-10(19)9(2)20/h4-7,18H,1-3H3,(H2,14,15,16,17,21). The van der Waals surface area contributed by atoms with Crippen LogP contribution in [-0.4, -0.2) is 42.0 Å². The Bertz CT molecular complexity index is 907. The van der Waals surface area contributed by atoms with E-state index in [4.69, 9.17) is 4.74 Å². The monoisotopic (exact) mass is 368 g/mol. The molecule has 0 saturated heterocycles. The Morgan fingerprint density at radius 2 is 2.00 bits per heavy atom. The smallest absolute Gasteiger partial charge is 0.338 e. The summed E-state index contributed by atoms with van der Waals surface area (Å²) in [6.07, 6.45) is 1.32. The molecule has 3 N–H and O–H groups in total. The summed E-state index contributed by atoms with van der Waals surface area (Å²) in [4.78, 5) is 33.1. The van der Waals surface area contributed by atoms with Gasteiger partial charge >= 0.3 is 16.2 Å². The van der Waals surface area contributed by atoms with E-state index in [1.165, 1.54) is 38.4 Å². The highest BCUT2D eigenvalue weighted by Gasteiger charge is 2.17. The number of methoxy groups -OCH3 is 1. The lowest BCUT2D eigenvalue weighted by Gasteiger charge is -2.12. The van der Waals surface area contributed by atoms with Crippen molar-refractivity contribution in [1.29, 1.82) is 0 Å². The zero-order valence-corrected chi connectivity index (χ0v) is 14.4. The first-order valence-corrected chi connectivity index (χ1v) is 8.38. The van der Waals surface area contributed by atoms with E-state index in [0.29, 0.717) is 5.69 Å². The summed E-state index contributed by atoms with van der Waals surface area (Å²) in [5, 5.41) is 2.18. The minimum Gasteiger partial charge on any atom is -0.481 e. The second-order valence-electron chi connectivity index (χ2n) is 4.85. The van der Waals surface area contributed by atoms with Crippen molar-refractivity contribution in [3.8, 4) is 5.88 Å². The van der Waals surface area contributed by atoms with Gasteiger partial charge in [0.2, 0.25) is 11.8 Å². The molecule has 12 heteroatoms. The molecule has 2 amide bonds. The maximum Gasteiger partial charge on any atom is 0.338 e. The van der Waals surface area contributed by atoms with Crippen molar-refractivity contribution in [2.45, 2.75) is 13.8 Å². The van der Waals surface area contributed by atoms with Crippen molar-refractivity contribution in [2.24, 2.45) is 0 Å². The van der Waals surface area contributed by atoms with Crippen LogP contribution in [0.15, 0.2) is 24.4 Å². The number of hydrogen-bond acceptors (Lipinski definition) is 7. The fraction of sp³-hybridized carbons (Fsp3) is 0.231. The van der Waals surface area contributed by atoms with E-state index in [2.05, 4.69) is 15.3 Å². The zero-order valence-electron chi connectivity index (χ0n) is 13.6. The lowest BCUT2D eigenvalue weighted by molar-refractivity contribution is 0.101. The highest BCUT2D eigenvalue weighted by molar-refractivity contribution is 7.90. The number of amides is 2. The first-order valence-electron chi connectivity index (χ1n) is 6.89. The van der Waals surface area contributed by atoms with Crippen molar-refractivity contribution < 1.29 is 22.7 Å². The SMILES string of the molecule is COc1cc(C)nc(NC(=O)NS(=O)(=O)Nn2cccc2C(C)=O)n1. The lowest BCUT2D eigenvalue weighted by Crippen LogP contribution is -2.41. The molecule has 2 rings (SSSR count). The van der Waals surface area contributed by atoms with Gasteiger partial charge in [0.15, 0.2) is 5.78 Å². The van der Waals surface area contributed by atoms with Crippen molar-refractivity contribution in [2.75, 3.05) is 17.3 Å². The molecule has 0 aliphatic carbocycles. The van der Waals surface area contributed by atoms with E-state index in [1.807, 2.05) is 4.83 Å². The predicted octanol–water partition coefficient (Wildman–Crippen LogP) is 0.408. The van der Waals surface area contributed by atoms with Crippen molar-refractivity contribution in [3.63, 3.8) is 0 Å². The Hall–Kier alpha value is -3.15. The van der Waals surface area contributed by atoms with E-state index >= 15 is 0 Å². The first kappa shape index (κ1) is 18.2. The first-order chi connectivity index (χ1) is 11.7. The van der Waals surface area contributed by atoms with Crippen LogP contribution < -0.4 is 19.6 Å². The van der Waals surface area contributed by atoms with Crippen LogP contribution in [-0.2, 0) is 10.2 Å². The summed E-state index contributed by atoms with van der Waals surface area (Å²) in [5.74, 6) is -0.269. The molecule has 0 unspecified atom stereocenters. The van der Waals surface area contributed by atoms with E-state index < -0.39 is 16.2 Å². The summed E-state index contributed by atoms with van der Waals surface area (Å²) in [6.45, 7) is 2.93. The number of aromatic nitrogens is 3. The third-order valence-corrected chi connectivity index (χ3v) is 3.71. The maximum absolute atomic E-state index is 12.0. The topological polar surface area (TPSA) is 144 Å². The summed E-state index contributed by atoms with van der Waals surface area (Å²) < 4.78 is 31.6. The van der Waals surface area contributed by atoms with E-state index in [1.54, 1.807) is 11.6 Å². The molecular formula is C13H16N6O5S. The largest absolute Gasteiger partial charge is 0.481 e. The number of Topliss-reactive ketones (excluding diaryl/α,β-unsaturated/α-hetero) is 1. The molecule has 134 valence electrons.